The lowest BCUT2D eigenvalue weighted by Gasteiger charge is -2.06. The quantitative estimate of drug-likeness (QED) is 0.784. The van der Waals surface area contributed by atoms with Crippen molar-refractivity contribution in [1.82, 2.24) is 14.4 Å². The van der Waals surface area contributed by atoms with E-state index in [1.54, 1.807) is 24.5 Å². The van der Waals surface area contributed by atoms with Crippen molar-refractivity contribution in [2.45, 2.75) is 13.8 Å². The van der Waals surface area contributed by atoms with Crippen LogP contribution in [0, 0.1) is 13.8 Å². The molecule has 110 valence electrons. The SMILES string of the molecule is Cc1ccnc(NC(=O)c2cnc3ccc(C)cn3c2=O)c1. The zero-order valence-electron chi connectivity index (χ0n) is 12.2. The van der Waals surface area contributed by atoms with Gasteiger partial charge in [0, 0.05) is 18.6 Å². The minimum Gasteiger partial charge on any atom is -0.306 e. The Morgan fingerprint density at radius 1 is 1.14 bits per heavy atom. The molecular formula is C16H14N4O2. The highest BCUT2D eigenvalue weighted by Crippen LogP contribution is 2.07. The fourth-order valence-electron chi connectivity index (χ4n) is 2.13. The lowest BCUT2D eigenvalue weighted by Crippen LogP contribution is -2.27. The van der Waals surface area contributed by atoms with Crippen LogP contribution in [0.25, 0.3) is 5.65 Å². The highest BCUT2D eigenvalue weighted by Gasteiger charge is 2.14. The summed E-state index contributed by atoms with van der Waals surface area (Å²) in [7, 11) is 0. The monoisotopic (exact) mass is 294 g/mol. The molecule has 3 aromatic rings. The van der Waals surface area contributed by atoms with Crippen molar-refractivity contribution in [2.75, 3.05) is 5.32 Å². The molecule has 0 saturated carbocycles. The Labute approximate surface area is 126 Å². The van der Waals surface area contributed by atoms with E-state index in [-0.39, 0.29) is 5.56 Å². The van der Waals surface area contributed by atoms with Crippen LogP contribution in [0.15, 0.2) is 47.7 Å². The van der Waals surface area contributed by atoms with Crippen molar-refractivity contribution >= 4 is 17.4 Å². The summed E-state index contributed by atoms with van der Waals surface area (Å²) in [6, 6.07) is 7.15. The van der Waals surface area contributed by atoms with E-state index in [0.717, 1.165) is 11.1 Å². The number of nitrogens with one attached hydrogen (secondary N) is 1. The summed E-state index contributed by atoms with van der Waals surface area (Å²) in [6.07, 6.45) is 4.55. The normalized spacial score (nSPS) is 10.6. The molecule has 0 radical (unpaired) electrons. The fourth-order valence-corrected chi connectivity index (χ4v) is 2.13. The van der Waals surface area contributed by atoms with Gasteiger partial charge in [0.25, 0.3) is 11.5 Å². The van der Waals surface area contributed by atoms with Gasteiger partial charge < -0.3 is 5.32 Å². The lowest BCUT2D eigenvalue weighted by atomic mass is 10.2. The highest BCUT2D eigenvalue weighted by atomic mass is 16.2. The second-order valence-electron chi connectivity index (χ2n) is 5.08. The van der Waals surface area contributed by atoms with Crippen LogP contribution in [0.2, 0.25) is 0 Å². The minimum absolute atomic E-state index is 0.0218. The number of carbonyl (C=O) groups is 1. The molecule has 0 unspecified atom stereocenters. The van der Waals surface area contributed by atoms with Crippen LogP contribution in [-0.2, 0) is 0 Å². The maximum absolute atomic E-state index is 12.4. The molecule has 0 bridgehead atoms. The van der Waals surface area contributed by atoms with Crippen LogP contribution in [0.3, 0.4) is 0 Å². The Balaban J connectivity index is 2.01. The van der Waals surface area contributed by atoms with E-state index in [0.29, 0.717) is 11.5 Å². The Morgan fingerprint density at radius 3 is 2.73 bits per heavy atom. The smallest absolute Gasteiger partial charge is 0.270 e. The second-order valence-corrected chi connectivity index (χ2v) is 5.08. The topological polar surface area (TPSA) is 76.4 Å². The molecule has 0 aromatic carbocycles. The number of carbonyl (C=O) groups excluding carboxylic acids is 1. The van der Waals surface area contributed by atoms with E-state index in [1.165, 1.54) is 10.6 Å². The first kappa shape index (κ1) is 13.9. The van der Waals surface area contributed by atoms with Crippen molar-refractivity contribution in [3.63, 3.8) is 0 Å². The van der Waals surface area contributed by atoms with E-state index in [2.05, 4.69) is 15.3 Å². The molecule has 6 heteroatoms. The maximum Gasteiger partial charge on any atom is 0.270 e. The Kier molecular flexibility index (Phi) is 3.42. The first-order chi connectivity index (χ1) is 10.5. The third-order valence-corrected chi connectivity index (χ3v) is 3.25. The third kappa shape index (κ3) is 2.58. The van der Waals surface area contributed by atoms with Gasteiger partial charge in [0.15, 0.2) is 0 Å². The van der Waals surface area contributed by atoms with Crippen LogP contribution in [0.1, 0.15) is 21.5 Å². The van der Waals surface area contributed by atoms with Gasteiger partial charge in [0.05, 0.1) is 0 Å². The molecule has 0 aliphatic rings. The van der Waals surface area contributed by atoms with Gasteiger partial charge >= 0.3 is 0 Å². The van der Waals surface area contributed by atoms with Crippen molar-refractivity contribution < 1.29 is 4.79 Å². The van der Waals surface area contributed by atoms with Gasteiger partial charge in [-0.05, 0) is 43.2 Å². The van der Waals surface area contributed by atoms with Crippen LogP contribution < -0.4 is 10.9 Å². The molecule has 0 atom stereocenters. The number of fused-ring (bicyclic) bond motifs is 1. The Hall–Kier alpha value is -3.02. The Morgan fingerprint density at radius 2 is 1.95 bits per heavy atom. The van der Waals surface area contributed by atoms with E-state index in [1.807, 2.05) is 26.0 Å². The summed E-state index contributed by atoms with van der Waals surface area (Å²) in [6.45, 7) is 3.77. The van der Waals surface area contributed by atoms with Gasteiger partial charge in [0.2, 0.25) is 0 Å². The van der Waals surface area contributed by atoms with E-state index >= 15 is 0 Å². The van der Waals surface area contributed by atoms with Gasteiger partial charge in [-0.3, -0.25) is 14.0 Å². The van der Waals surface area contributed by atoms with Crippen molar-refractivity contribution in [2.24, 2.45) is 0 Å². The van der Waals surface area contributed by atoms with Crippen LogP contribution >= 0.6 is 0 Å². The standard InChI is InChI=1S/C16H14N4O2/c1-10-5-6-17-13(7-10)19-15(21)12-8-18-14-4-3-11(2)9-20(14)16(12)22/h3-9H,1-2H3,(H,17,19,21). The second kappa shape index (κ2) is 5.40. The van der Waals surface area contributed by atoms with Crippen molar-refractivity contribution in [3.8, 4) is 0 Å². The number of aryl methyl sites for hydroxylation is 2. The summed E-state index contributed by atoms with van der Waals surface area (Å²) in [5, 5.41) is 2.62. The molecule has 3 rings (SSSR count). The van der Waals surface area contributed by atoms with Crippen LogP contribution in [0.4, 0.5) is 5.82 Å². The zero-order valence-corrected chi connectivity index (χ0v) is 12.2. The molecule has 6 nitrogen and oxygen atoms in total. The van der Waals surface area contributed by atoms with Gasteiger partial charge in [-0.25, -0.2) is 9.97 Å². The average Bonchev–Trinajstić information content (AvgIpc) is 2.48. The molecular weight excluding hydrogens is 280 g/mol. The molecule has 0 aliphatic carbocycles. The molecule has 1 amide bonds. The molecule has 3 heterocycles. The van der Waals surface area contributed by atoms with Crippen molar-refractivity contribution in [1.29, 1.82) is 0 Å². The number of nitrogens with zero attached hydrogens (tertiary/aromatic N) is 3. The maximum atomic E-state index is 12.4. The number of aromatic nitrogens is 3. The van der Waals surface area contributed by atoms with E-state index < -0.39 is 11.5 Å². The van der Waals surface area contributed by atoms with Gasteiger partial charge in [-0.1, -0.05) is 6.07 Å². The molecule has 0 saturated heterocycles. The third-order valence-electron chi connectivity index (χ3n) is 3.25. The number of hydrogen-bond acceptors (Lipinski definition) is 4. The number of rotatable bonds is 2. The van der Waals surface area contributed by atoms with Crippen molar-refractivity contribution in [3.05, 3.63) is 69.9 Å². The molecule has 0 fully saturated rings. The van der Waals surface area contributed by atoms with Crippen LogP contribution in [-0.4, -0.2) is 20.3 Å². The Bertz CT molecular complexity index is 931. The van der Waals surface area contributed by atoms with Crippen LogP contribution in [0.5, 0.6) is 0 Å². The number of pyridine rings is 2. The number of amides is 1. The largest absolute Gasteiger partial charge is 0.306 e. The summed E-state index contributed by atoms with van der Waals surface area (Å²) in [4.78, 5) is 32.9. The summed E-state index contributed by atoms with van der Waals surface area (Å²) >= 11 is 0. The predicted octanol–water partition coefficient (Wildman–Crippen LogP) is 1.96. The highest BCUT2D eigenvalue weighted by molar-refractivity contribution is 6.03. The average molecular weight is 294 g/mol. The van der Waals surface area contributed by atoms with E-state index in [9.17, 15) is 9.59 Å². The lowest BCUT2D eigenvalue weighted by molar-refractivity contribution is 0.102. The molecule has 0 aliphatic heterocycles. The molecule has 3 aromatic heterocycles. The summed E-state index contributed by atoms with van der Waals surface area (Å²) in [5.74, 6) is -0.120. The molecule has 22 heavy (non-hydrogen) atoms. The number of hydrogen-bond donors (Lipinski definition) is 1. The minimum atomic E-state index is -0.522. The zero-order chi connectivity index (χ0) is 15.7. The first-order valence-electron chi connectivity index (χ1n) is 6.76. The number of anilines is 1. The summed E-state index contributed by atoms with van der Waals surface area (Å²) in [5.41, 5.74) is 1.95. The van der Waals surface area contributed by atoms with Gasteiger partial charge in [-0.15, -0.1) is 0 Å². The van der Waals surface area contributed by atoms with Gasteiger partial charge in [-0.2, -0.15) is 0 Å². The fraction of sp³-hybridized carbons (Fsp3) is 0.125. The first-order valence-corrected chi connectivity index (χ1v) is 6.76. The van der Waals surface area contributed by atoms with Gasteiger partial charge in [0.1, 0.15) is 17.0 Å². The van der Waals surface area contributed by atoms with E-state index in [4.69, 9.17) is 0 Å². The molecule has 0 spiro atoms. The summed E-state index contributed by atoms with van der Waals surface area (Å²) < 4.78 is 1.37. The molecule has 1 N–H and O–H groups in total. The predicted molar refractivity (Wildman–Crippen MR) is 83.1 cm³/mol.